The Morgan fingerprint density at radius 3 is 2.70 bits per heavy atom. The highest BCUT2D eigenvalue weighted by molar-refractivity contribution is 6.29. The van der Waals surface area contributed by atoms with Gasteiger partial charge >= 0.3 is 5.97 Å². The van der Waals surface area contributed by atoms with Gasteiger partial charge in [-0.1, -0.05) is 48.0 Å². The summed E-state index contributed by atoms with van der Waals surface area (Å²) in [6.45, 7) is 2.56. The molecule has 1 aromatic heterocycles. The van der Waals surface area contributed by atoms with Gasteiger partial charge in [-0.3, -0.25) is 0 Å². The standard InChI is InChI=1S/C23H20ClN7O2/c24-19-12-20(27-14-26-19)29-23(25)31-10-8-30(9-11-31)13-18-22(32)33-21(28-18)17-7-3-5-15-4-1-2-6-16(15)17/h1-7,12-14H,8-11H2,(H2,25,26,27,29)/b18-13+. The number of piperazine rings is 1. The molecule has 0 atom stereocenters. The molecule has 0 radical (unpaired) electrons. The molecular formula is C23H20ClN7O2. The number of aromatic nitrogens is 2. The lowest BCUT2D eigenvalue weighted by molar-refractivity contribution is -0.130. The number of nitrogens with zero attached hydrogens (tertiary/aromatic N) is 6. The summed E-state index contributed by atoms with van der Waals surface area (Å²) in [7, 11) is 0. The van der Waals surface area contributed by atoms with Gasteiger partial charge in [-0.05, 0) is 16.8 Å². The van der Waals surface area contributed by atoms with Gasteiger partial charge in [0.15, 0.2) is 17.5 Å². The van der Waals surface area contributed by atoms with Gasteiger partial charge in [0.1, 0.15) is 11.5 Å². The van der Waals surface area contributed by atoms with Crippen molar-refractivity contribution in [2.45, 2.75) is 0 Å². The van der Waals surface area contributed by atoms with Crippen molar-refractivity contribution in [3.05, 3.63) is 77.5 Å². The number of carbonyl (C=O) groups is 1. The van der Waals surface area contributed by atoms with Gasteiger partial charge in [-0.15, -0.1) is 0 Å². The molecule has 1 fully saturated rings. The summed E-state index contributed by atoms with van der Waals surface area (Å²) in [4.78, 5) is 33.1. The van der Waals surface area contributed by atoms with Crippen LogP contribution in [-0.4, -0.2) is 63.8 Å². The number of esters is 1. The number of rotatable bonds is 3. The summed E-state index contributed by atoms with van der Waals surface area (Å²) in [5.41, 5.74) is 7.21. The SMILES string of the molecule is N/C(=N/c1cc(Cl)ncn1)N1CCN(/C=C2/N=C(c3cccc4ccccc34)OC2=O)CC1. The average Bonchev–Trinajstić information content (AvgIpc) is 3.19. The molecule has 1 saturated heterocycles. The number of hydrogen-bond donors (Lipinski definition) is 1. The number of cyclic esters (lactones) is 1. The second kappa shape index (κ2) is 8.87. The third-order valence-corrected chi connectivity index (χ3v) is 5.64. The number of nitrogens with two attached hydrogens (primary N) is 1. The van der Waals surface area contributed by atoms with Crippen LogP contribution in [0.5, 0.6) is 0 Å². The highest BCUT2D eigenvalue weighted by atomic mass is 35.5. The lowest BCUT2D eigenvalue weighted by Gasteiger charge is -2.34. The van der Waals surface area contributed by atoms with Crippen molar-refractivity contribution in [1.29, 1.82) is 0 Å². The highest BCUT2D eigenvalue weighted by Gasteiger charge is 2.27. The summed E-state index contributed by atoms with van der Waals surface area (Å²) in [6.07, 6.45) is 3.08. The van der Waals surface area contributed by atoms with Gasteiger partial charge < -0.3 is 20.3 Å². The summed E-state index contributed by atoms with van der Waals surface area (Å²) >= 11 is 5.87. The average molecular weight is 462 g/mol. The molecule has 9 nitrogen and oxygen atoms in total. The summed E-state index contributed by atoms with van der Waals surface area (Å²) in [5, 5.41) is 2.35. The van der Waals surface area contributed by atoms with E-state index in [1.54, 1.807) is 12.3 Å². The molecule has 166 valence electrons. The minimum atomic E-state index is -0.456. The Morgan fingerprint density at radius 2 is 1.88 bits per heavy atom. The molecule has 0 unspecified atom stereocenters. The van der Waals surface area contributed by atoms with Crippen LogP contribution >= 0.6 is 11.6 Å². The molecule has 2 N–H and O–H groups in total. The number of carbonyl (C=O) groups excluding carboxylic acids is 1. The maximum absolute atomic E-state index is 12.5. The van der Waals surface area contributed by atoms with Crippen molar-refractivity contribution in [3.8, 4) is 0 Å². The number of ether oxygens (including phenoxy) is 1. The number of guanidine groups is 1. The number of halogens is 1. The number of benzene rings is 2. The first-order valence-corrected chi connectivity index (χ1v) is 10.8. The fraction of sp³-hybridized carbons (Fsp3) is 0.174. The van der Waals surface area contributed by atoms with E-state index in [-0.39, 0.29) is 5.70 Å². The molecule has 33 heavy (non-hydrogen) atoms. The first-order chi connectivity index (χ1) is 16.1. The third kappa shape index (κ3) is 4.49. The predicted octanol–water partition coefficient (Wildman–Crippen LogP) is 2.69. The van der Waals surface area contributed by atoms with E-state index in [1.165, 1.54) is 6.33 Å². The quantitative estimate of drug-likeness (QED) is 0.210. The maximum atomic E-state index is 12.5. The van der Waals surface area contributed by atoms with Crippen LogP contribution in [0.1, 0.15) is 5.56 Å². The second-order valence-corrected chi connectivity index (χ2v) is 7.93. The first-order valence-electron chi connectivity index (χ1n) is 10.4. The molecule has 0 amide bonds. The lowest BCUT2D eigenvalue weighted by atomic mass is 10.0. The number of aliphatic imine (C=N–C) groups is 2. The van der Waals surface area contributed by atoms with E-state index in [1.807, 2.05) is 52.3 Å². The van der Waals surface area contributed by atoms with Crippen LogP contribution in [0.2, 0.25) is 5.15 Å². The first kappa shape index (κ1) is 20.9. The smallest absolute Gasteiger partial charge is 0.365 e. The van der Waals surface area contributed by atoms with Crippen LogP contribution in [-0.2, 0) is 9.53 Å². The van der Waals surface area contributed by atoms with Crippen molar-refractivity contribution < 1.29 is 9.53 Å². The van der Waals surface area contributed by atoms with E-state index in [9.17, 15) is 4.79 Å². The zero-order chi connectivity index (χ0) is 22.8. The van der Waals surface area contributed by atoms with Gasteiger partial charge in [0.2, 0.25) is 5.90 Å². The molecule has 5 rings (SSSR count). The van der Waals surface area contributed by atoms with Crippen molar-refractivity contribution in [2.75, 3.05) is 26.2 Å². The zero-order valence-electron chi connectivity index (χ0n) is 17.6. The second-order valence-electron chi connectivity index (χ2n) is 7.54. The molecule has 0 bridgehead atoms. The van der Waals surface area contributed by atoms with Crippen LogP contribution < -0.4 is 5.73 Å². The van der Waals surface area contributed by atoms with E-state index in [0.29, 0.717) is 49.0 Å². The molecule has 3 aromatic rings. The van der Waals surface area contributed by atoms with Crippen LogP contribution in [0, 0.1) is 0 Å². The molecule has 2 aliphatic heterocycles. The summed E-state index contributed by atoms with van der Waals surface area (Å²) in [5.74, 6) is 0.623. The van der Waals surface area contributed by atoms with E-state index < -0.39 is 5.97 Å². The normalized spacial score (nSPS) is 18.1. The van der Waals surface area contributed by atoms with Crippen molar-refractivity contribution >= 4 is 46.0 Å². The number of fused-ring (bicyclic) bond motifs is 1. The molecule has 3 heterocycles. The fourth-order valence-corrected chi connectivity index (χ4v) is 3.89. The van der Waals surface area contributed by atoms with E-state index in [4.69, 9.17) is 22.1 Å². The van der Waals surface area contributed by atoms with Crippen LogP contribution in [0.15, 0.2) is 76.7 Å². The Morgan fingerprint density at radius 1 is 1.09 bits per heavy atom. The minimum Gasteiger partial charge on any atom is -0.402 e. The zero-order valence-corrected chi connectivity index (χ0v) is 18.3. The highest BCUT2D eigenvalue weighted by Crippen LogP contribution is 2.24. The van der Waals surface area contributed by atoms with Gasteiger partial charge in [-0.25, -0.2) is 19.8 Å². The minimum absolute atomic E-state index is 0.281. The maximum Gasteiger partial charge on any atom is 0.365 e. The molecule has 2 aliphatic rings. The summed E-state index contributed by atoms with van der Waals surface area (Å²) < 4.78 is 5.49. The van der Waals surface area contributed by atoms with Gasteiger partial charge in [-0.2, -0.15) is 4.99 Å². The Kier molecular flexibility index (Phi) is 5.62. The van der Waals surface area contributed by atoms with Gasteiger partial charge in [0.05, 0.1) is 0 Å². The Balaban J connectivity index is 1.28. The Bertz CT molecular complexity index is 1310. The van der Waals surface area contributed by atoms with Gasteiger partial charge in [0.25, 0.3) is 0 Å². The molecular weight excluding hydrogens is 442 g/mol. The predicted molar refractivity (Wildman–Crippen MR) is 126 cm³/mol. The van der Waals surface area contributed by atoms with E-state index in [2.05, 4.69) is 20.0 Å². The van der Waals surface area contributed by atoms with Crippen molar-refractivity contribution in [1.82, 2.24) is 19.8 Å². The molecule has 0 aliphatic carbocycles. The van der Waals surface area contributed by atoms with E-state index >= 15 is 0 Å². The van der Waals surface area contributed by atoms with E-state index in [0.717, 1.165) is 16.3 Å². The van der Waals surface area contributed by atoms with Crippen molar-refractivity contribution in [3.63, 3.8) is 0 Å². The molecule has 10 heteroatoms. The van der Waals surface area contributed by atoms with Crippen LogP contribution in [0.4, 0.5) is 5.82 Å². The lowest BCUT2D eigenvalue weighted by Crippen LogP contribution is -2.49. The van der Waals surface area contributed by atoms with Crippen molar-refractivity contribution in [2.24, 2.45) is 15.7 Å². The summed E-state index contributed by atoms with van der Waals surface area (Å²) in [6, 6.07) is 15.3. The van der Waals surface area contributed by atoms with Crippen LogP contribution in [0.25, 0.3) is 10.8 Å². The van der Waals surface area contributed by atoms with Gasteiger partial charge in [0, 0.05) is 44.0 Å². The van der Waals surface area contributed by atoms with Crippen LogP contribution in [0.3, 0.4) is 0 Å². The third-order valence-electron chi connectivity index (χ3n) is 5.43. The monoisotopic (exact) mass is 461 g/mol. The Labute approximate surface area is 194 Å². The molecule has 2 aromatic carbocycles. The number of hydrogen-bond acceptors (Lipinski definition) is 7. The Hall–Kier alpha value is -3.98. The fourth-order valence-electron chi connectivity index (χ4n) is 3.75. The molecule has 0 spiro atoms. The topological polar surface area (TPSA) is 109 Å². The molecule has 0 saturated carbocycles. The largest absolute Gasteiger partial charge is 0.402 e.